The number of rotatable bonds is 5. The molecule has 0 bridgehead atoms. The Balaban J connectivity index is 3.04. The van der Waals surface area contributed by atoms with Crippen LogP contribution in [0.4, 0.5) is 0 Å². The predicted molar refractivity (Wildman–Crippen MR) is 63.6 cm³/mol. The quantitative estimate of drug-likeness (QED) is 0.800. The van der Waals surface area contributed by atoms with Crippen molar-refractivity contribution >= 4 is 5.97 Å². The Morgan fingerprint density at radius 2 is 1.88 bits per heavy atom. The van der Waals surface area contributed by atoms with E-state index in [4.69, 9.17) is 20.3 Å². The molecule has 0 saturated carbocycles. The van der Waals surface area contributed by atoms with E-state index in [0.717, 1.165) is 11.1 Å². The molecule has 0 aliphatic carbocycles. The summed E-state index contributed by atoms with van der Waals surface area (Å²) in [6.07, 6.45) is 0.265. The molecule has 1 aromatic carbocycles. The van der Waals surface area contributed by atoms with Gasteiger partial charge in [0.1, 0.15) is 6.04 Å². The zero-order valence-electron chi connectivity index (χ0n) is 10.2. The van der Waals surface area contributed by atoms with Gasteiger partial charge in [-0.1, -0.05) is 0 Å². The Morgan fingerprint density at radius 3 is 2.35 bits per heavy atom. The molecule has 0 aliphatic heterocycles. The maximum absolute atomic E-state index is 10.7. The zero-order valence-corrected chi connectivity index (χ0v) is 10.2. The van der Waals surface area contributed by atoms with E-state index in [0.29, 0.717) is 11.5 Å². The second kappa shape index (κ2) is 5.54. The molecule has 5 nitrogen and oxygen atoms in total. The van der Waals surface area contributed by atoms with Crippen molar-refractivity contribution in [3.8, 4) is 11.5 Å². The lowest BCUT2D eigenvalue weighted by Gasteiger charge is -2.14. The number of hydrogen-bond donors (Lipinski definition) is 2. The summed E-state index contributed by atoms with van der Waals surface area (Å²) in [6, 6.07) is 2.66. The maximum atomic E-state index is 10.7. The second-order valence-corrected chi connectivity index (χ2v) is 3.78. The predicted octanol–water partition coefficient (Wildman–Crippen LogP) is 0.967. The minimum absolute atomic E-state index is 0.265. The average Bonchev–Trinajstić information content (AvgIpc) is 2.30. The van der Waals surface area contributed by atoms with Crippen molar-refractivity contribution < 1.29 is 19.4 Å². The molecule has 1 unspecified atom stereocenters. The third kappa shape index (κ3) is 3.10. The van der Waals surface area contributed by atoms with E-state index in [-0.39, 0.29) is 6.42 Å². The summed E-state index contributed by atoms with van der Waals surface area (Å²) in [5.74, 6) is 0.183. The van der Waals surface area contributed by atoms with Crippen LogP contribution >= 0.6 is 0 Å². The van der Waals surface area contributed by atoms with Gasteiger partial charge in [0.15, 0.2) is 11.5 Å². The van der Waals surface area contributed by atoms with Crippen LogP contribution in [0.2, 0.25) is 0 Å². The van der Waals surface area contributed by atoms with Crippen molar-refractivity contribution in [3.63, 3.8) is 0 Å². The molecule has 0 saturated heterocycles. The molecule has 0 amide bonds. The molecule has 0 heterocycles. The van der Waals surface area contributed by atoms with Gasteiger partial charge >= 0.3 is 5.97 Å². The first-order valence-corrected chi connectivity index (χ1v) is 5.19. The zero-order chi connectivity index (χ0) is 13.0. The third-order valence-electron chi connectivity index (χ3n) is 2.60. The molecular formula is C12H17NO4. The summed E-state index contributed by atoms with van der Waals surface area (Å²) >= 11 is 0. The summed E-state index contributed by atoms with van der Waals surface area (Å²) in [6.45, 7) is 1.88. The SMILES string of the molecule is COc1cc(C)c(CC(N)C(=O)O)cc1OC. The van der Waals surface area contributed by atoms with E-state index < -0.39 is 12.0 Å². The fraction of sp³-hybridized carbons (Fsp3) is 0.417. The first-order valence-electron chi connectivity index (χ1n) is 5.19. The largest absolute Gasteiger partial charge is 0.493 e. The number of aryl methyl sites for hydroxylation is 1. The van der Waals surface area contributed by atoms with Gasteiger partial charge in [0.25, 0.3) is 0 Å². The van der Waals surface area contributed by atoms with Gasteiger partial charge in [-0.2, -0.15) is 0 Å². The number of nitrogens with two attached hydrogens (primary N) is 1. The van der Waals surface area contributed by atoms with Crippen LogP contribution in [-0.4, -0.2) is 31.3 Å². The number of ether oxygens (including phenoxy) is 2. The van der Waals surface area contributed by atoms with Crippen LogP contribution in [-0.2, 0) is 11.2 Å². The van der Waals surface area contributed by atoms with Gasteiger partial charge < -0.3 is 20.3 Å². The lowest BCUT2D eigenvalue weighted by molar-refractivity contribution is -0.138. The van der Waals surface area contributed by atoms with Crippen LogP contribution in [0, 0.1) is 6.92 Å². The van der Waals surface area contributed by atoms with Crippen LogP contribution in [0.1, 0.15) is 11.1 Å². The summed E-state index contributed by atoms with van der Waals surface area (Å²) in [7, 11) is 3.09. The fourth-order valence-corrected chi connectivity index (χ4v) is 1.57. The normalized spacial score (nSPS) is 12.0. The van der Waals surface area contributed by atoms with Crippen LogP contribution in [0.15, 0.2) is 12.1 Å². The molecule has 0 radical (unpaired) electrons. The Labute approximate surface area is 100 Å². The van der Waals surface area contributed by atoms with Crippen molar-refractivity contribution in [2.24, 2.45) is 5.73 Å². The van der Waals surface area contributed by atoms with E-state index in [1.165, 1.54) is 7.11 Å². The van der Waals surface area contributed by atoms with Gasteiger partial charge in [0.05, 0.1) is 14.2 Å². The first-order chi connectivity index (χ1) is 7.99. The van der Waals surface area contributed by atoms with Crippen LogP contribution < -0.4 is 15.2 Å². The van der Waals surface area contributed by atoms with E-state index in [1.54, 1.807) is 13.2 Å². The van der Waals surface area contributed by atoms with E-state index in [9.17, 15) is 4.79 Å². The molecule has 1 rings (SSSR count). The monoisotopic (exact) mass is 239 g/mol. The van der Waals surface area contributed by atoms with Crippen molar-refractivity contribution in [2.45, 2.75) is 19.4 Å². The molecule has 1 aromatic rings. The van der Waals surface area contributed by atoms with Gasteiger partial charge in [0.2, 0.25) is 0 Å². The topological polar surface area (TPSA) is 81.8 Å². The lowest BCUT2D eigenvalue weighted by atomic mass is 10.0. The summed E-state index contributed by atoms with van der Waals surface area (Å²) in [5, 5.41) is 8.78. The first kappa shape index (κ1) is 13.3. The Morgan fingerprint density at radius 1 is 1.35 bits per heavy atom. The minimum Gasteiger partial charge on any atom is -0.493 e. The minimum atomic E-state index is -1.01. The number of benzene rings is 1. The molecule has 0 fully saturated rings. The standard InChI is InChI=1S/C12H17NO4/c1-7-4-10(16-2)11(17-3)6-8(7)5-9(13)12(14)15/h4,6,9H,5,13H2,1-3H3,(H,14,15). The van der Waals surface area contributed by atoms with Gasteiger partial charge in [-0.3, -0.25) is 4.79 Å². The van der Waals surface area contributed by atoms with Gasteiger partial charge in [-0.25, -0.2) is 0 Å². The van der Waals surface area contributed by atoms with Crippen molar-refractivity contribution in [1.29, 1.82) is 0 Å². The van der Waals surface area contributed by atoms with Gasteiger partial charge in [-0.05, 0) is 36.6 Å². The highest BCUT2D eigenvalue weighted by molar-refractivity contribution is 5.73. The summed E-state index contributed by atoms with van der Waals surface area (Å²) in [5.41, 5.74) is 7.28. The van der Waals surface area contributed by atoms with E-state index >= 15 is 0 Å². The van der Waals surface area contributed by atoms with Crippen molar-refractivity contribution in [1.82, 2.24) is 0 Å². The van der Waals surface area contributed by atoms with Crippen LogP contribution in [0.3, 0.4) is 0 Å². The Hall–Kier alpha value is -1.75. The highest BCUT2D eigenvalue weighted by Gasteiger charge is 2.15. The number of carboxylic acid groups (broad SMARTS) is 1. The van der Waals surface area contributed by atoms with Crippen LogP contribution in [0.5, 0.6) is 11.5 Å². The lowest BCUT2D eigenvalue weighted by Crippen LogP contribution is -2.32. The Kier molecular flexibility index (Phi) is 4.34. The molecule has 3 N–H and O–H groups in total. The number of hydrogen-bond acceptors (Lipinski definition) is 4. The molecular weight excluding hydrogens is 222 g/mol. The second-order valence-electron chi connectivity index (χ2n) is 3.78. The molecule has 17 heavy (non-hydrogen) atoms. The Bertz CT molecular complexity index is 417. The molecule has 0 aromatic heterocycles. The highest BCUT2D eigenvalue weighted by atomic mass is 16.5. The van der Waals surface area contributed by atoms with E-state index in [2.05, 4.69) is 0 Å². The fourth-order valence-electron chi connectivity index (χ4n) is 1.57. The van der Waals surface area contributed by atoms with Crippen molar-refractivity contribution in [3.05, 3.63) is 23.3 Å². The molecule has 1 atom stereocenters. The third-order valence-corrected chi connectivity index (χ3v) is 2.60. The van der Waals surface area contributed by atoms with Gasteiger partial charge in [0, 0.05) is 0 Å². The number of carboxylic acids is 1. The molecule has 5 heteroatoms. The number of methoxy groups -OCH3 is 2. The van der Waals surface area contributed by atoms with E-state index in [1.807, 2.05) is 13.0 Å². The smallest absolute Gasteiger partial charge is 0.320 e. The average molecular weight is 239 g/mol. The number of carbonyl (C=O) groups is 1. The van der Waals surface area contributed by atoms with Gasteiger partial charge in [-0.15, -0.1) is 0 Å². The molecule has 0 aliphatic rings. The maximum Gasteiger partial charge on any atom is 0.320 e. The molecule has 94 valence electrons. The van der Waals surface area contributed by atoms with Crippen molar-refractivity contribution in [2.75, 3.05) is 14.2 Å². The van der Waals surface area contributed by atoms with Crippen LogP contribution in [0.25, 0.3) is 0 Å². The molecule has 0 spiro atoms. The summed E-state index contributed by atoms with van der Waals surface area (Å²) < 4.78 is 10.3. The summed E-state index contributed by atoms with van der Waals surface area (Å²) in [4.78, 5) is 10.7. The highest BCUT2D eigenvalue weighted by Crippen LogP contribution is 2.30. The number of aliphatic carboxylic acids is 1.